The van der Waals surface area contributed by atoms with E-state index in [-0.39, 0.29) is 12.4 Å². The van der Waals surface area contributed by atoms with Crippen LogP contribution in [0.5, 0.6) is 0 Å². The first kappa shape index (κ1) is 12.5. The first-order valence-corrected chi connectivity index (χ1v) is 5.43. The topological polar surface area (TPSA) is 77.2 Å². The van der Waals surface area contributed by atoms with Crippen LogP contribution in [0.3, 0.4) is 0 Å². The average Bonchev–Trinajstić information content (AvgIpc) is 2.87. The lowest BCUT2D eigenvalue weighted by Crippen LogP contribution is -2.05. The van der Waals surface area contributed by atoms with Gasteiger partial charge in [0.15, 0.2) is 0 Å². The lowest BCUT2D eigenvalue weighted by Gasteiger charge is -2.04. The maximum atomic E-state index is 11.2. The van der Waals surface area contributed by atoms with Gasteiger partial charge in [-0.3, -0.25) is 0 Å². The van der Waals surface area contributed by atoms with Gasteiger partial charge in [-0.1, -0.05) is 17.7 Å². The molecule has 7 heteroatoms. The number of carbonyl (C=O) groups is 1. The van der Waals surface area contributed by atoms with Crippen LogP contribution in [0.1, 0.15) is 16.2 Å². The highest BCUT2D eigenvalue weighted by Crippen LogP contribution is 2.21. The van der Waals surface area contributed by atoms with Gasteiger partial charge in [-0.2, -0.15) is 0 Å². The number of carbonyl (C=O) groups excluding carboxylic acids is 1. The zero-order chi connectivity index (χ0) is 13.1. The Hall–Kier alpha value is -1.92. The number of methoxy groups -OCH3 is 1. The van der Waals surface area contributed by atoms with Gasteiger partial charge in [0.1, 0.15) is 6.33 Å². The van der Waals surface area contributed by atoms with E-state index in [0.717, 1.165) is 0 Å². The molecule has 2 rings (SSSR count). The standard InChI is InChI=1S/C11H10ClN3O3/c1-18-11(17)10-13-6-15(14-10)9-3-2-7(5-16)4-8(9)12/h2-4,6,16H,5H2,1H3. The zero-order valence-corrected chi connectivity index (χ0v) is 10.3. The van der Waals surface area contributed by atoms with E-state index in [0.29, 0.717) is 16.3 Å². The molecule has 6 nitrogen and oxygen atoms in total. The monoisotopic (exact) mass is 267 g/mol. The molecular formula is C11H10ClN3O3. The molecule has 0 unspecified atom stereocenters. The van der Waals surface area contributed by atoms with Crippen molar-refractivity contribution in [2.45, 2.75) is 6.61 Å². The summed E-state index contributed by atoms with van der Waals surface area (Å²) in [5.41, 5.74) is 1.26. The number of aliphatic hydroxyl groups is 1. The minimum atomic E-state index is -0.614. The molecule has 0 atom stereocenters. The van der Waals surface area contributed by atoms with Gasteiger partial charge in [0, 0.05) is 0 Å². The van der Waals surface area contributed by atoms with E-state index in [1.165, 1.54) is 18.1 Å². The molecule has 0 aliphatic carbocycles. The van der Waals surface area contributed by atoms with Crippen molar-refractivity contribution >= 4 is 17.6 Å². The third-order valence-corrected chi connectivity index (χ3v) is 2.60. The summed E-state index contributed by atoms with van der Waals surface area (Å²) < 4.78 is 5.88. The molecule has 18 heavy (non-hydrogen) atoms. The third-order valence-electron chi connectivity index (χ3n) is 2.30. The van der Waals surface area contributed by atoms with Crippen LogP contribution >= 0.6 is 11.6 Å². The molecule has 1 aromatic carbocycles. The lowest BCUT2D eigenvalue weighted by atomic mass is 10.2. The summed E-state index contributed by atoms with van der Waals surface area (Å²) in [7, 11) is 1.26. The fourth-order valence-electron chi connectivity index (χ4n) is 1.40. The summed E-state index contributed by atoms with van der Waals surface area (Å²) in [6, 6.07) is 5.01. The smallest absolute Gasteiger partial charge is 0.377 e. The number of nitrogens with zero attached hydrogens (tertiary/aromatic N) is 3. The van der Waals surface area contributed by atoms with E-state index in [1.807, 2.05) is 0 Å². The largest absolute Gasteiger partial charge is 0.463 e. The SMILES string of the molecule is COC(=O)c1ncn(-c2ccc(CO)cc2Cl)n1. The Kier molecular flexibility index (Phi) is 3.59. The van der Waals surface area contributed by atoms with Crippen molar-refractivity contribution in [2.24, 2.45) is 0 Å². The Bertz CT molecular complexity index is 583. The van der Waals surface area contributed by atoms with Crippen molar-refractivity contribution in [3.63, 3.8) is 0 Å². The number of hydrogen-bond acceptors (Lipinski definition) is 5. The highest BCUT2D eigenvalue weighted by atomic mass is 35.5. The van der Waals surface area contributed by atoms with Crippen LogP contribution < -0.4 is 0 Å². The maximum Gasteiger partial charge on any atom is 0.377 e. The van der Waals surface area contributed by atoms with Crippen molar-refractivity contribution < 1.29 is 14.6 Å². The summed E-state index contributed by atoms with van der Waals surface area (Å²) >= 11 is 6.05. The Morgan fingerprint density at radius 2 is 2.33 bits per heavy atom. The first-order valence-electron chi connectivity index (χ1n) is 5.05. The number of rotatable bonds is 3. The van der Waals surface area contributed by atoms with E-state index < -0.39 is 5.97 Å². The first-order chi connectivity index (χ1) is 8.65. The Morgan fingerprint density at radius 3 is 2.94 bits per heavy atom. The van der Waals surface area contributed by atoms with Crippen LogP contribution in [0.25, 0.3) is 5.69 Å². The van der Waals surface area contributed by atoms with Crippen LogP contribution in [0.15, 0.2) is 24.5 Å². The molecular weight excluding hydrogens is 258 g/mol. The second-order valence-electron chi connectivity index (χ2n) is 3.45. The second-order valence-corrected chi connectivity index (χ2v) is 3.86. The van der Waals surface area contributed by atoms with Crippen LogP contribution in [0.4, 0.5) is 0 Å². The number of hydrogen-bond donors (Lipinski definition) is 1. The minimum Gasteiger partial charge on any atom is -0.463 e. The van der Waals surface area contributed by atoms with Gasteiger partial charge >= 0.3 is 5.97 Å². The second kappa shape index (κ2) is 5.16. The van der Waals surface area contributed by atoms with E-state index in [1.54, 1.807) is 18.2 Å². The van der Waals surface area contributed by atoms with Gasteiger partial charge < -0.3 is 9.84 Å². The van der Waals surface area contributed by atoms with Crippen molar-refractivity contribution in [2.75, 3.05) is 7.11 Å². The van der Waals surface area contributed by atoms with Crippen molar-refractivity contribution in [3.05, 3.63) is 40.9 Å². The van der Waals surface area contributed by atoms with E-state index in [9.17, 15) is 4.79 Å². The quantitative estimate of drug-likeness (QED) is 0.846. The molecule has 0 saturated carbocycles. The normalized spacial score (nSPS) is 10.4. The van der Waals surface area contributed by atoms with Gasteiger partial charge in [0.05, 0.1) is 24.4 Å². The predicted molar refractivity (Wildman–Crippen MR) is 63.6 cm³/mol. The van der Waals surface area contributed by atoms with Crippen LogP contribution in [0.2, 0.25) is 5.02 Å². The molecule has 0 radical (unpaired) electrons. The van der Waals surface area contributed by atoms with Gasteiger partial charge in [0.2, 0.25) is 0 Å². The maximum absolute atomic E-state index is 11.2. The lowest BCUT2D eigenvalue weighted by molar-refractivity contribution is 0.0587. The third kappa shape index (κ3) is 2.34. The number of aromatic nitrogens is 3. The molecule has 0 bridgehead atoms. The number of esters is 1. The highest BCUT2D eigenvalue weighted by Gasteiger charge is 2.13. The Labute approximate surface area is 108 Å². The fraction of sp³-hybridized carbons (Fsp3) is 0.182. The number of ether oxygens (including phenoxy) is 1. The Balaban J connectivity index is 2.37. The molecule has 1 heterocycles. The number of benzene rings is 1. The van der Waals surface area contributed by atoms with Gasteiger partial charge in [-0.15, -0.1) is 5.10 Å². The molecule has 1 aromatic heterocycles. The van der Waals surface area contributed by atoms with Crippen molar-refractivity contribution in [1.82, 2.24) is 14.8 Å². The van der Waals surface area contributed by atoms with E-state index in [4.69, 9.17) is 16.7 Å². The molecule has 0 aliphatic heterocycles. The van der Waals surface area contributed by atoms with Crippen LogP contribution in [-0.2, 0) is 11.3 Å². The minimum absolute atomic E-state index is 0.0419. The zero-order valence-electron chi connectivity index (χ0n) is 9.50. The average molecular weight is 268 g/mol. The number of aliphatic hydroxyl groups excluding tert-OH is 1. The number of halogens is 1. The highest BCUT2D eigenvalue weighted by molar-refractivity contribution is 6.32. The molecule has 0 amide bonds. The molecule has 0 aliphatic rings. The fourth-order valence-corrected chi connectivity index (χ4v) is 1.69. The summed E-state index contributed by atoms with van der Waals surface area (Å²) in [4.78, 5) is 15.0. The molecule has 0 spiro atoms. The van der Waals surface area contributed by atoms with E-state index >= 15 is 0 Å². The molecule has 1 N–H and O–H groups in total. The summed E-state index contributed by atoms with van der Waals surface area (Å²) in [5.74, 6) is -0.656. The van der Waals surface area contributed by atoms with Gasteiger partial charge in [-0.25, -0.2) is 14.5 Å². The molecule has 0 fully saturated rings. The Morgan fingerprint density at radius 1 is 1.56 bits per heavy atom. The van der Waals surface area contributed by atoms with Crippen LogP contribution in [-0.4, -0.2) is 33.0 Å². The van der Waals surface area contributed by atoms with E-state index in [2.05, 4.69) is 14.8 Å². The summed E-state index contributed by atoms with van der Waals surface area (Å²) in [6.07, 6.45) is 1.37. The van der Waals surface area contributed by atoms with Crippen LogP contribution in [0, 0.1) is 0 Å². The van der Waals surface area contributed by atoms with Crippen molar-refractivity contribution in [1.29, 1.82) is 0 Å². The summed E-state index contributed by atoms with van der Waals surface area (Å²) in [6.45, 7) is -0.0925. The van der Waals surface area contributed by atoms with Crippen molar-refractivity contribution in [3.8, 4) is 5.69 Å². The van der Waals surface area contributed by atoms with Gasteiger partial charge in [0.25, 0.3) is 5.82 Å². The summed E-state index contributed by atoms with van der Waals surface area (Å²) in [5, 5.41) is 13.3. The molecule has 2 aromatic rings. The molecule has 0 saturated heterocycles. The van der Waals surface area contributed by atoms with Gasteiger partial charge in [-0.05, 0) is 17.7 Å². The molecule has 94 valence electrons. The predicted octanol–water partition coefficient (Wildman–Crippen LogP) is 1.20.